The molecule has 1 saturated carbocycles. The highest BCUT2D eigenvalue weighted by molar-refractivity contribution is 5.49. The molecule has 1 N–H and O–H groups in total. The van der Waals surface area contributed by atoms with Gasteiger partial charge in [-0.1, -0.05) is 6.92 Å². The molecule has 1 aliphatic rings. The van der Waals surface area contributed by atoms with E-state index in [4.69, 9.17) is 4.74 Å². The second kappa shape index (κ2) is 7.43. The summed E-state index contributed by atoms with van der Waals surface area (Å²) < 4.78 is 5.18. The minimum absolute atomic E-state index is 0.454. The number of methoxy groups -OCH3 is 1. The first-order valence-electron chi connectivity index (χ1n) is 7.62. The zero-order valence-electron chi connectivity index (χ0n) is 12.9. The summed E-state index contributed by atoms with van der Waals surface area (Å²) in [5, 5.41) is 3.35. The lowest BCUT2D eigenvalue weighted by molar-refractivity contribution is 0.178. The fourth-order valence-electron chi connectivity index (χ4n) is 2.18. The fourth-order valence-corrected chi connectivity index (χ4v) is 2.18. The van der Waals surface area contributed by atoms with Crippen LogP contribution in [0.2, 0.25) is 0 Å². The van der Waals surface area contributed by atoms with Crippen molar-refractivity contribution < 1.29 is 4.74 Å². The number of ether oxygens (including phenoxy) is 1. The van der Waals surface area contributed by atoms with Gasteiger partial charge in [-0.2, -0.15) is 0 Å². The van der Waals surface area contributed by atoms with E-state index < -0.39 is 0 Å². The molecule has 2 rings (SSSR count). The van der Waals surface area contributed by atoms with Crippen molar-refractivity contribution in [2.75, 3.05) is 37.0 Å². The molecule has 5 heteroatoms. The van der Waals surface area contributed by atoms with E-state index in [1.54, 1.807) is 7.11 Å². The van der Waals surface area contributed by atoms with E-state index in [1.807, 2.05) is 0 Å². The Kier molecular flexibility index (Phi) is 5.59. The average Bonchev–Trinajstić information content (AvgIpc) is 3.26. The van der Waals surface area contributed by atoms with E-state index in [1.165, 1.54) is 12.8 Å². The lowest BCUT2D eigenvalue weighted by Gasteiger charge is -2.23. The Morgan fingerprint density at radius 2 is 2.15 bits per heavy atom. The summed E-state index contributed by atoms with van der Waals surface area (Å²) in [5.74, 6) is 3.51. The van der Waals surface area contributed by atoms with Crippen LogP contribution in [0.3, 0.4) is 0 Å². The molecule has 1 aromatic heterocycles. The van der Waals surface area contributed by atoms with Crippen LogP contribution in [0, 0.1) is 5.92 Å². The van der Waals surface area contributed by atoms with Crippen molar-refractivity contribution >= 4 is 11.6 Å². The molecule has 1 heterocycles. The normalized spacial score (nSPS) is 14.3. The molecular weight excluding hydrogens is 252 g/mol. The second-order valence-electron chi connectivity index (χ2n) is 5.37. The van der Waals surface area contributed by atoms with Crippen molar-refractivity contribution in [3.05, 3.63) is 11.9 Å². The standard InChI is InChI=1S/C15H26N4O/c1-4-8-16-13-9-15(18-14(17-13)11-20-3)19(5-2)10-12-6-7-12/h9,12H,4-8,10-11H2,1-3H3,(H,16,17,18). The van der Waals surface area contributed by atoms with Gasteiger partial charge in [-0.3, -0.25) is 0 Å². The van der Waals surface area contributed by atoms with Gasteiger partial charge >= 0.3 is 0 Å². The molecule has 0 saturated heterocycles. The van der Waals surface area contributed by atoms with Crippen LogP contribution in [0.1, 0.15) is 38.9 Å². The Labute approximate surface area is 121 Å². The zero-order chi connectivity index (χ0) is 14.4. The molecule has 1 aliphatic carbocycles. The quantitative estimate of drug-likeness (QED) is 0.752. The maximum absolute atomic E-state index is 5.18. The SMILES string of the molecule is CCCNc1cc(N(CC)CC2CC2)nc(COC)n1. The number of nitrogens with one attached hydrogen (secondary N) is 1. The van der Waals surface area contributed by atoms with Crippen molar-refractivity contribution in [3.63, 3.8) is 0 Å². The summed E-state index contributed by atoms with van der Waals surface area (Å²) in [6.07, 6.45) is 3.79. The Morgan fingerprint density at radius 3 is 2.75 bits per heavy atom. The topological polar surface area (TPSA) is 50.3 Å². The minimum Gasteiger partial charge on any atom is -0.377 e. The third kappa shape index (κ3) is 4.34. The summed E-state index contributed by atoms with van der Waals surface area (Å²) in [4.78, 5) is 11.5. The van der Waals surface area contributed by atoms with Crippen LogP contribution >= 0.6 is 0 Å². The van der Waals surface area contributed by atoms with E-state index in [0.717, 1.165) is 49.4 Å². The first-order valence-corrected chi connectivity index (χ1v) is 7.62. The maximum Gasteiger partial charge on any atom is 0.158 e. The van der Waals surface area contributed by atoms with Gasteiger partial charge in [0.15, 0.2) is 5.82 Å². The molecule has 0 atom stereocenters. The summed E-state index contributed by atoms with van der Waals surface area (Å²) in [6, 6.07) is 2.06. The van der Waals surface area contributed by atoms with E-state index in [0.29, 0.717) is 6.61 Å². The van der Waals surface area contributed by atoms with Gasteiger partial charge in [0.2, 0.25) is 0 Å². The summed E-state index contributed by atoms with van der Waals surface area (Å²) in [7, 11) is 1.68. The van der Waals surface area contributed by atoms with Gasteiger partial charge < -0.3 is 15.0 Å². The predicted octanol–water partition coefficient (Wildman–Crippen LogP) is 2.68. The molecule has 0 radical (unpaired) electrons. The van der Waals surface area contributed by atoms with E-state index in [-0.39, 0.29) is 0 Å². The monoisotopic (exact) mass is 278 g/mol. The first-order chi connectivity index (χ1) is 9.76. The van der Waals surface area contributed by atoms with Crippen LogP contribution in [-0.2, 0) is 11.3 Å². The van der Waals surface area contributed by atoms with Crippen LogP contribution in [0.15, 0.2) is 6.07 Å². The number of rotatable bonds is 9. The molecule has 0 aromatic carbocycles. The van der Waals surface area contributed by atoms with Crippen LogP contribution in [0.5, 0.6) is 0 Å². The zero-order valence-corrected chi connectivity index (χ0v) is 12.9. The van der Waals surface area contributed by atoms with Crippen molar-refractivity contribution in [2.45, 2.75) is 39.7 Å². The fraction of sp³-hybridized carbons (Fsp3) is 0.733. The largest absolute Gasteiger partial charge is 0.377 e. The lowest BCUT2D eigenvalue weighted by atomic mass is 10.3. The van der Waals surface area contributed by atoms with Crippen molar-refractivity contribution in [3.8, 4) is 0 Å². The summed E-state index contributed by atoms with van der Waals surface area (Å²) >= 11 is 0. The van der Waals surface area contributed by atoms with Crippen LogP contribution in [-0.4, -0.2) is 36.7 Å². The second-order valence-corrected chi connectivity index (χ2v) is 5.37. The highest BCUT2D eigenvalue weighted by atomic mass is 16.5. The molecule has 0 bridgehead atoms. The van der Waals surface area contributed by atoms with Gasteiger partial charge in [-0.25, -0.2) is 9.97 Å². The third-order valence-corrected chi connectivity index (χ3v) is 3.47. The predicted molar refractivity (Wildman–Crippen MR) is 82.1 cm³/mol. The molecule has 0 spiro atoms. The van der Waals surface area contributed by atoms with Crippen LogP contribution in [0.4, 0.5) is 11.6 Å². The van der Waals surface area contributed by atoms with Crippen molar-refractivity contribution in [2.24, 2.45) is 5.92 Å². The molecule has 1 aromatic rings. The molecular formula is C15H26N4O. The maximum atomic E-state index is 5.18. The Hall–Kier alpha value is -1.36. The van der Waals surface area contributed by atoms with Gasteiger partial charge in [0.1, 0.15) is 18.2 Å². The van der Waals surface area contributed by atoms with Gasteiger partial charge in [0, 0.05) is 32.8 Å². The highest BCUT2D eigenvalue weighted by Gasteiger charge is 2.24. The number of nitrogens with zero attached hydrogens (tertiary/aromatic N) is 3. The van der Waals surface area contributed by atoms with Crippen molar-refractivity contribution in [1.29, 1.82) is 0 Å². The van der Waals surface area contributed by atoms with Gasteiger partial charge in [0.25, 0.3) is 0 Å². The van der Waals surface area contributed by atoms with Gasteiger partial charge in [-0.15, -0.1) is 0 Å². The molecule has 5 nitrogen and oxygen atoms in total. The molecule has 1 fully saturated rings. The van der Waals surface area contributed by atoms with E-state index >= 15 is 0 Å². The van der Waals surface area contributed by atoms with Gasteiger partial charge in [-0.05, 0) is 32.1 Å². The highest BCUT2D eigenvalue weighted by Crippen LogP contribution is 2.31. The van der Waals surface area contributed by atoms with Gasteiger partial charge in [0.05, 0.1) is 0 Å². The number of hydrogen-bond acceptors (Lipinski definition) is 5. The molecule has 0 unspecified atom stereocenters. The molecule has 0 aliphatic heterocycles. The Morgan fingerprint density at radius 1 is 1.35 bits per heavy atom. The Balaban J connectivity index is 2.16. The summed E-state index contributed by atoms with van der Waals surface area (Å²) in [6.45, 7) is 7.80. The van der Waals surface area contributed by atoms with E-state index in [9.17, 15) is 0 Å². The number of aromatic nitrogens is 2. The smallest absolute Gasteiger partial charge is 0.158 e. The number of anilines is 2. The third-order valence-electron chi connectivity index (χ3n) is 3.47. The lowest BCUT2D eigenvalue weighted by Crippen LogP contribution is -2.27. The number of hydrogen-bond donors (Lipinski definition) is 1. The average molecular weight is 278 g/mol. The summed E-state index contributed by atoms with van der Waals surface area (Å²) in [5.41, 5.74) is 0. The first kappa shape index (κ1) is 15.0. The van der Waals surface area contributed by atoms with E-state index in [2.05, 4.69) is 40.1 Å². The van der Waals surface area contributed by atoms with Crippen LogP contribution < -0.4 is 10.2 Å². The molecule has 20 heavy (non-hydrogen) atoms. The minimum atomic E-state index is 0.454. The Bertz CT molecular complexity index is 420. The van der Waals surface area contributed by atoms with Crippen molar-refractivity contribution in [1.82, 2.24) is 9.97 Å². The molecule has 112 valence electrons. The molecule has 0 amide bonds. The van der Waals surface area contributed by atoms with Crippen LogP contribution in [0.25, 0.3) is 0 Å².